The van der Waals surface area contributed by atoms with Crippen LogP contribution in [0.15, 0.2) is 30.3 Å². The summed E-state index contributed by atoms with van der Waals surface area (Å²) in [4.78, 5) is 2.61. The number of ether oxygens (including phenoxy) is 1. The molecule has 0 spiro atoms. The molecule has 0 bridgehead atoms. The van der Waals surface area contributed by atoms with Crippen molar-refractivity contribution in [3.8, 4) is 0 Å². The molecule has 0 amide bonds. The predicted molar refractivity (Wildman–Crippen MR) is 88.5 cm³/mol. The van der Waals surface area contributed by atoms with Gasteiger partial charge >= 0.3 is 0 Å². The molecule has 3 atom stereocenters. The molecule has 1 N–H and O–H groups in total. The highest BCUT2D eigenvalue weighted by Crippen LogP contribution is 2.30. The van der Waals surface area contributed by atoms with E-state index in [9.17, 15) is 0 Å². The van der Waals surface area contributed by atoms with E-state index in [0.29, 0.717) is 12.1 Å². The third-order valence-corrected chi connectivity index (χ3v) is 4.92. The Bertz CT molecular complexity index is 422. The monoisotopic (exact) mass is 290 g/mol. The number of hydrogen-bond donors (Lipinski definition) is 1. The maximum absolute atomic E-state index is 5.76. The van der Waals surface area contributed by atoms with Crippen molar-refractivity contribution < 1.29 is 4.74 Å². The molecule has 1 aromatic carbocycles. The van der Waals surface area contributed by atoms with E-state index in [1.165, 1.54) is 18.5 Å². The summed E-state index contributed by atoms with van der Waals surface area (Å²) in [7, 11) is 3.91. The number of nitrogens with zero attached hydrogens (tertiary/aromatic N) is 1. The third-order valence-electron chi connectivity index (χ3n) is 4.92. The highest BCUT2D eigenvalue weighted by molar-refractivity contribution is 5.20. The van der Waals surface area contributed by atoms with E-state index >= 15 is 0 Å². The van der Waals surface area contributed by atoms with Gasteiger partial charge in [-0.3, -0.25) is 4.90 Å². The van der Waals surface area contributed by atoms with Gasteiger partial charge in [-0.1, -0.05) is 37.3 Å². The topological polar surface area (TPSA) is 24.5 Å². The van der Waals surface area contributed by atoms with Gasteiger partial charge in [0.15, 0.2) is 0 Å². The summed E-state index contributed by atoms with van der Waals surface area (Å²) < 4.78 is 5.76. The second kappa shape index (κ2) is 7.39. The maximum atomic E-state index is 5.76. The molecule has 1 saturated heterocycles. The number of hydrogen-bond acceptors (Lipinski definition) is 3. The molecule has 1 fully saturated rings. The van der Waals surface area contributed by atoms with Crippen molar-refractivity contribution in [2.45, 2.75) is 50.8 Å². The Morgan fingerprint density at radius 1 is 1.33 bits per heavy atom. The van der Waals surface area contributed by atoms with Crippen LogP contribution in [0.1, 0.15) is 44.7 Å². The Kier molecular flexibility index (Phi) is 5.80. The fourth-order valence-corrected chi connectivity index (χ4v) is 3.64. The molecule has 3 unspecified atom stereocenters. The molecule has 3 nitrogen and oxygen atoms in total. The first kappa shape index (κ1) is 16.5. The number of methoxy groups -OCH3 is 1. The zero-order valence-corrected chi connectivity index (χ0v) is 13.9. The Morgan fingerprint density at radius 3 is 2.62 bits per heavy atom. The lowest BCUT2D eigenvalue weighted by Crippen LogP contribution is -2.54. The zero-order valence-electron chi connectivity index (χ0n) is 13.9. The molecule has 0 aromatic heterocycles. The minimum Gasteiger partial charge on any atom is -0.377 e. The molecule has 1 heterocycles. The molecular formula is C18H30N2O. The lowest BCUT2D eigenvalue weighted by atomic mass is 9.89. The summed E-state index contributed by atoms with van der Waals surface area (Å²) in [6.45, 7) is 6.72. The van der Waals surface area contributed by atoms with Crippen LogP contribution in [0, 0.1) is 0 Å². The first-order valence-corrected chi connectivity index (χ1v) is 8.15. The summed E-state index contributed by atoms with van der Waals surface area (Å²) in [6, 6.07) is 11.7. The lowest BCUT2D eigenvalue weighted by molar-refractivity contribution is -0.0653. The number of nitrogens with one attached hydrogen (secondary N) is 1. The van der Waals surface area contributed by atoms with Crippen LogP contribution in [0.2, 0.25) is 0 Å². The van der Waals surface area contributed by atoms with Crippen LogP contribution in [0.25, 0.3) is 0 Å². The number of likely N-dealkylation sites (N-methyl/N-ethyl adjacent to an activating group) is 1. The summed E-state index contributed by atoms with van der Waals surface area (Å²) in [6.07, 6.45) is 3.51. The second-order valence-corrected chi connectivity index (χ2v) is 6.38. The van der Waals surface area contributed by atoms with Crippen LogP contribution < -0.4 is 5.32 Å². The molecule has 0 radical (unpaired) electrons. The maximum Gasteiger partial charge on any atom is 0.0777 e. The SMILES string of the molecule is CCC(C(NC)c1ccccc1)N1CCCC(C)(OC)C1. The summed E-state index contributed by atoms with van der Waals surface area (Å²) in [5.74, 6) is 0. The van der Waals surface area contributed by atoms with Gasteiger partial charge in [0.2, 0.25) is 0 Å². The number of rotatable bonds is 6. The van der Waals surface area contributed by atoms with Gasteiger partial charge in [-0.05, 0) is 45.3 Å². The highest BCUT2D eigenvalue weighted by Gasteiger charge is 2.36. The van der Waals surface area contributed by atoms with E-state index in [-0.39, 0.29) is 5.60 Å². The zero-order chi connectivity index (χ0) is 15.3. The largest absolute Gasteiger partial charge is 0.377 e. The molecule has 0 saturated carbocycles. The van der Waals surface area contributed by atoms with Crippen molar-refractivity contribution in [2.24, 2.45) is 0 Å². The Hall–Kier alpha value is -0.900. The van der Waals surface area contributed by atoms with Gasteiger partial charge in [0.1, 0.15) is 0 Å². The van der Waals surface area contributed by atoms with Crippen molar-refractivity contribution in [1.29, 1.82) is 0 Å². The minimum atomic E-state index is 0.000644. The number of likely N-dealkylation sites (tertiary alicyclic amines) is 1. The Labute approximate surface area is 129 Å². The first-order valence-electron chi connectivity index (χ1n) is 8.15. The normalized spacial score (nSPS) is 26.5. The summed E-state index contributed by atoms with van der Waals surface area (Å²) >= 11 is 0. The van der Waals surface area contributed by atoms with Crippen molar-refractivity contribution in [3.05, 3.63) is 35.9 Å². The van der Waals surface area contributed by atoms with Crippen LogP contribution in [0.5, 0.6) is 0 Å². The average Bonchev–Trinajstić information content (AvgIpc) is 2.53. The quantitative estimate of drug-likeness (QED) is 0.870. The van der Waals surface area contributed by atoms with Crippen LogP contribution >= 0.6 is 0 Å². The van der Waals surface area contributed by atoms with Crippen molar-refractivity contribution in [3.63, 3.8) is 0 Å². The van der Waals surface area contributed by atoms with E-state index in [1.54, 1.807) is 0 Å². The van der Waals surface area contributed by atoms with Crippen LogP contribution in [0.3, 0.4) is 0 Å². The lowest BCUT2D eigenvalue weighted by Gasteiger charge is -2.45. The number of piperidine rings is 1. The standard InChI is InChI=1S/C18H30N2O/c1-5-16(17(19-3)15-10-7-6-8-11-15)20-13-9-12-18(2,14-20)21-4/h6-8,10-11,16-17,19H,5,9,12-14H2,1-4H3. The van der Waals surface area contributed by atoms with E-state index in [1.807, 2.05) is 7.11 Å². The third kappa shape index (κ3) is 3.85. The first-order chi connectivity index (χ1) is 10.1. The van der Waals surface area contributed by atoms with E-state index in [2.05, 4.69) is 61.4 Å². The summed E-state index contributed by atoms with van der Waals surface area (Å²) in [5, 5.41) is 3.53. The van der Waals surface area contributed by atoms with Crippen LogP contribution in [-0.4, -0.2) is 43.8 Å². The molecule has 1 aromatic rings. The average molecular weight is 290 g/mol. The van der Waals surface area contributed by atoms with Crippen LogP contribution in [0.4, 0.5) is 0 Å². The molecule has 1 aliphatic rings. The molecule has 1 aliphatic heterocycles. The second-order valence-electron chi connectivity index (χ2n) is 6.38. The van der Waals surface area contributed by atoms with Gasteiger partial charge in [0.25, 0.3) is 0 Å². The Morgan fingerprint density at radius 2 is 2.05 bits per heavy atom. The van der Waals surface area contributed by atoms with Gasteiger partial charge in [-0.25, -0.2) is 0 Å². The fourth-order valence-electron chi connectivity index (χ4n) is 3.64. The molecular weight excluding hydrogens is 260 g/mol. The fraction of sp³-hybridized carbons (Fsp3) is 0.667. The van der Waals surface area contributed by atoms with Gasteiger partial charge < -0.3 is 10.1 Å². The molecule has 21 heavy (non-hydrogen) atoms. The molecule has 3 heteroatoms. The predicted octanol–water partition coefficient (Wildman–Crippen LogP) is 3.23. The van der Waals surface area contributed by atoms with Crippen molar-refractivity contribution in [2.75, 3.05) is 27.2 Å². The molecule has 118 valence electrons. The van der Waals surface area contributed by atoms with Gasteiger partial charge in [-0.2, -0.15) is 0 Å². The van der Waals surface area contributed by atoms with E-state index < -0.39 is 0 Å². The van der Waals surface area contributed by atoms with Crippen LogP contribution in [-0.2, 0) is 4.74 Å². The number of benzene rings is 1. The van der Waals surface area contributed by atoms with E-state index in [4.69, 9.17) is 4.74 Å². The highest BCUT2D eigenvalue weighted by atomic mass is 16.5. The van der Waals surface area contributed by atoms with E-state index in [0.717, 1.165) is 19.4 Å². The van der Waals surface area contributed by atoms with Gasteiger partial charge in [0.05, 0.1) is 5.60 Å². The van der Waals surface area contributed by atoms with Crippen molar-refractivity contribution in [1.82, 2.24) is 10.2 Å². The van der Waals surface area contributed by atoms with Gasteiger partial charge in [0, 0.05) is 25.7 Å². The smallest absolute Gasteiger partial charge is 0.0777 e. The Balaban J connectivity index is 2.17. The van der Waals surface area contributed by atoms with Crippen molar-refractivity contribution >= 4 is 0 Å². The molecule has 2 rings (SSSR count). The summed E-state index contributed by atoms with van der Waals surface area (Å²) in [5.41, 5.74) is 1.37. The van der Waals surface area contributed by atoms with Gasteiger partial charge in [-0.15, -0.1) is 0 Å². The molecule has 0 aliphatic carbocycles. The minimum absolute atomic E-state index is 0.000644.